The fourth-order valence-corrected chi connectivity index (χ4v) is 4.32. The number of rotatable bonds is 8. The van der Waals surface area contributed by atoms with Gasteiger partial charge in [-0.15, -0.1) is 0 Å². The van der Waals surface area contributed by atoms with Gasteiger partial charge in [-0.1, -0.05) is 44.4 Å². The Bertz CT molecular complexity index is 426. The van der Waals surface area contributed by atoms with Crippen LogP contribution in [0.25, 0.3) is 0 Å². The second-order valence-electron chi connectivity index (χ2n) is 6.49. The summed E-state index contributed by atoms with van der Waals surface area (Å²) >= 11 is 1.54. The predicted molar refractivity (Wildman–Crippen MR) is 95.0 cm³/mol. The van der Waals surface area contributed by atoms with Crippen LogP contribution in [-0.2, 0) is 11.2 Å². The molecule has 1 fully saturated rings. The van der Waals surface area contributed by atoms with Crippen LogP contribution in [0.15, 0.2) is 24.5 Å². The number of unbranched alkanes of at least 4 members (excludes halogenated alkanes) is 2. The number of nitrogens with zero attached hydrogens (tertiary/aromatic N) is 1. The van der Waals surface area contributed by atoms with E-state index in [-0.39, 0.29) is 0 Å². The molecule has 0 bridgehead atoms. The van der Waals surface area contributed by atoms with Gasteiger partial charge >= 0.3 is 0 Å². The highest BCUT2D eigenvalue weighted by Gasteiger charge is 2.25. The Labute approximate surface area is 139 Å². The number of aryl methyl sites for hydroxylation is 1. The van der Waals surface area contributed by atoms with Crippen molar-refractivity contribution in [2.24, 2.45) is 11.8 Å². The van der Waals surface area contributed by atoms with Gasteiger partial charge in [-0.05, 0) is 55.7 Å². The van der Waals surface area contributed by atoms with E-state index in [0.29, 0.717) is 11.0 Å². The molecule has 22 heavy (non-hydrogen) atoms. The Hall–Kier alpha value is -0.830. The van der Waals surface area contributed by atoms with Gasteiger partial charge < -0.3 is 0 Å². The third kappa shape index (κ3) is 6.12. The maximum atomic E-state index is 12.3. The molecule has 0 radical (unpaired) electrons. The minimum atomic E-state index is 0.324. The Morgan fingerprint density at radius 3 is 2.59 bits per heavy atom. The van der Waals surface area contributed by atoms with Crippen LogP contribution in [0.3, 0.4) is 0 Å². The number of carbonyl (C=O) groups is 1. The van der Waals surface area contributed by atoms with Crippen LogP contribution >= 0.6 is 11.8 Å². The second kappa shape index (κ2) is 10.0. The second-order valence-corrected chi connectivity index (χ2v) is 7.59. The predicted octanol–water partition coefficient (Wildman–Crippen LogP) is 5.27. The third-order valence-electron chi connectivity index (χ3n) is 4.78. The van der Waals surface area contributed by atoms with Gasteiger partial charge in [-0.25, -0.2) is 0 Å². The lowest BCUT2D eigenvalue weighted by Crippen LogP contribution is -2.20. The number of hydrogen-bond donors (Lipinski definition) is 0. The summed E-state index contributed by atoms with van der Waals surface area (Å²) in [4.78, 5) is 16.3. The van der Waals surface area contributed by atoms with Gasteiger partial charge in [0.2, 0.25) is 0 Å². The van der Waals surface area contributed by atoms with Crippen LogP contribution in [0.5, 0.6) is 0 Å². The van der Waals surface area contributed by atoms with Gasteiger partial charge in [0.1, 0.15) is 0 Å². The molecule has 0 amide bonds. The zero-order valence-corrected chi connectivity index (χ0v) is 14.6. The first-order chi connectivity index (χ1) is 10.8. The van der Waals surface area contributed by atoms with Crippen molar-refractivity contribution in [3.8, 4) is 0 Å². The third-order valence-corrected chi connectivity index (χ3v) is 5.81. The van der Waals surface area contributed by atoms with Crippen LogP contribution in [0.4, 0.5) is 0 Å². The summed E-state index contributed by atoms with van der Waals surface area (Å²) in [5.74, 6) is 2.11. The van der Waals surface area contributed by atoms with E-state index >= 15 is 0 Å². The molecule has 1 heterocycles. The molecule has 0 aromatic carbocycles. The van der Waals surface area contributed by atoms with E-state index in [1.807, 2.05) is 24.5 Å². The molecular formula is C19H29NOS. The number of carbonyl (C=O) groups excluding carboxylic acids is 1. The summed E-state index contributed by atoms with van der Waals surface area (Å²) in [7, 11) is 0. The maximum Gasteiger partial charge on any atom is 0.192 e. The zero-order valence-electron chi connectivity index (χ0n) is 13.8. The summed E-state index contributed by atoms with van der Waals surface area (Å²) in [6, 6.07) is 4.07. The van der Waals surface area contributed by atoms with E-state index in [1.54, 1.807) is 11.8 Å². The Morgan fingerprint density at radius 2 is 1.91 bits per heavy atom. The lowest BCUT2D eigenvalue weighted by atomic mass is 9.80. The van der Waals surface area contributed by atoms with E-state index in [2.05, 4.69) is 11.9 Å². The van der Waals surface area contributed by atoms with Crippen LogP contribution in [0.1, 0.15) is 63.9 Å². The molecule has 2 rings (SSSR count). The molecule has 1 saturated carbocycles. The van der Waals surface area contributed by atoms with Crippen LogP contribution in [0, 0.1) is 11.8 Å². The number of thioether (sulfide) groups is 1. The van der Waals surface area contributed by atoms with Crippen LogP contribution in [0.2, 0.25) is 0 Å². The molecule has 1 aromatic rings. The summed E-state index contributed by atoms with van der Waals surface area (Å²) < 4.78 is 0. The molecule has 1 aromatic heterocycles. The molecule has 0 N–H and O–H groups in total. The molecule has 0 unspecified atom stereocenters. The molecule has 0 saturated heterocycles. The number of aromatic nitrogens is 1. The van der Waals surface area contributed by atoms with Gasteiger partial charge in [-0.2, -0.15) is 0 Å². The summed E-state index contributed by atoms with van der Waals surface area (Å²) in [5.41, 5.74) is 1.27. The van der Waals surface area contributed by atoms with Gasteiger partial charge in [-0.3, -0.25) is 9.78 Å². The van der Waals surface area contributed by atoms with E-state index in [4.69, 9.17) is 0 Å². The highest BCUT2D eigenvalue weighted by atomic mass is 32.2. The van der Waals surface area contributed by atoms with E-state index < -0.39 is 0 Å². The minimum absolute atomic E-state index is 0.324. The molecule has 122 valence electrons. The van der Waals surface area contributed by atoms with Crippen LogP contribution < -0.4 is 0 Å². The van der Waals surface area contributed by atoms with E-state index in [9.17, 15) is 4.79 Å². The molecule has 0 aliphatic heterocycles. The highest BCUT2D eigenvalue weighted by molar-refractivity contribution is 8.13. The summed E-state index contributed by atoms with van der Waals surface area (Å²) in [6.07, 6.45) is 14.8. The largest absolute Gasteiger partial charge is 0.287 e. The van der Waals surface area contributed by atoms with Crippen molar-refractivity contribution in [2.75, 3.05) is 5.75 Å². The Balaban J connectivity index is 1.61. The lowest BCUT2D eigenvalue weighted by molar-refractivity contribution is -0.115. The van der Waals surface area contributed by atoms with Crippen molar-refractivity contribution in [3.05, 3.63) is 30.1 Å². The molecule has 3 heteroatoms. The first-order valence-electron chi connectivity index (χ1n) is 8.85. The summed E-state index contributed by atoms with van der Waals surface area (Å²) in [5, 5.41) is 0.432. The SMILES string of the molecule is CCCCCC1CCC(C(=O)SCCc2ccncc2)CC1. The topological polar surface area (TPSA) is 30.0 Å². The Morgan fingerprint density at radius 1 is 1.18 bits per heavy atom. The van der Waals surface area contributed by atoms with E-state index in [0.717, 1.165) is 30.9 Å². The fraction of sp³-hybridized carbons (Fsp3) is 0.684. The van der Waals surface area contributed by atoms with Gasteiger partial charge in [0.15, 0.2) is 5.12 Å². The number of pyridine rings is 1. The molecule has 0 spiro atoms. The zero-order chi connectivity index (χ0) is 15.6. The van der Waals surface area contributed by atoms with Crippen LogP contribution in [-0.4, -0.2) is 15.9 Å². The normalized spacial score (nSPS) is 21.7. The molecular weight excluding hydrogens is 290 g/mol. The molecule has 2 nitrogen and oxygen atoms in total. The van der Waals surface area contributed by atoms with Crippen molar-refractivity contribution in [3.63, 3.8) is 0 Å². The monoisotopic (exact) mass is 319 g/mol. The van der Waals surface area contributed by atoms with Crippen molar-refractivity contribution in [2.45, 2.75) is 64.7 Å². The van der Waals surface area contributed by atoms with Crippen molar-refractivity contribution >= 4 is 16.9 Å². The average Bonchev–Trinajstić information content (AvgIpc) is 2.56. The smallest absolute Gasteiger partial charge is 0.192 e. The number of hydrogen-bond acceptors (Lipinski definition) is 3. The summed E-state index contributed by atoms with van der Waals surface area (Å²) in [6.45, 7) is 2.26. The fourth-order valence-electron chi connectivity index (χ4n) is 3.31. The molecule has 1 aliphatic rings. The molecule has 0 atom stereocenters. The van der Waals surface area contributed by atoms with Gasteiger partial charge in [0.05, 0.1) is 0 Å². The first-order valence-corrected chi connectivity index (χ1v) is 9.83. The highest BCUT2D eigenvalue weighted by Crippen LogP contribution is 2.34. The van der Waals surface area contributed by atoms with E-state index in [1.165, 1.54) is 44.1 Å². The lowest BCUT2D eigenvalue weighted by Gasteiger charge is -2.27. The molecule has 1 aliphatic carbocycles. The van der Waals surface area contributed by atoms with Crippen molar-refractivity contribution in [1.82, 2.24) is 4.98 Å². The quantitative estimate of drug-likeness (QED) is 0.611. The minimum Gasteiger partial charge on any atom is -0.287 e. The standard InChI is InChI=1S/C19H29NOS/c1-2-3-4-5-16-6-8-18(9-7-16)19(21)22-15-12-17-10-13-20-14-11-17/h10-11,13-14,16,18H,2-9,12,15H2,1H3. The maximum absolute atomic E-state index is 12.3. The van der Waals surface area contributed by atoms with Crippen molar-refractivity contribution < 1.29 is 4.79 Å². The Kier molecular flexibility index (Phi) is 8.00. The average molecular weight is 320 g/mol. The first kappa shape index (κ1) is 17.5. The van der Waals surface area contributed by atoms with Gasteiger partial charge in [0.25, 0.3) is 0 Å². The van der Waals surface area contributed by atoms with Crippen molar-refractivity contribution in [1.29, 1.82) is 0 Å². The van der Waals surface area contributed by atoms with Gasteiger partial charge in [0, 0.05) is 24.1 Å².